The molecule has 1 amide bonds. The second kappa shape index (κ2) is 14.9. The zero-order chi connectivity index (χ0) is 30.9. The fourth-order valence-corrected chi connectivity index (χ4v) is 6.37. The van der Waals surface area contributed by atoms with E-state index in [0.717, 1.165) is 62.1 Å². The van der Waals surface area contributed by atoms with Crippen LogP contribution in [0.5, 0.6) is 0 Å². The van der Waals surface area contributed by atoms with Crippen LogP contribution in [0.25, 0.3) is 11.1 Å². The van der Waals surface area contributed by atoms with Crippen LogP contribution in [0.3, 0.4) is 0 Å². The Hall–Kier alpha value is -3.68. The predicted molar refractivity (Wildman–Crippen MR) is 174 cm³/mol. The topological polar surface area (TPSA) is 77.1 Å². The Bertz CT molecular complexity index is 1350. The molecule has 1 heterocycles. The molecule has 0 spiro atoms. The summed E-state index contributed by atoms with van der Waals surface area (Å²) in [6, 6.07) is 26.7. The Morgan fingerprint density at radius 1 is 0.818 bits per heavy atom. The summed E-state index contributed by atoms with van der Waals surface area (Å²) in [5, 5.41) is 2.98. The quantitative estimate of drug-likeness (QED) is 0.176. The van der Waals surface area contributed by atoms with Gasteiger partial charge in [-0.15, -0.1) is 0 Å². The number of hydrogen-bond donors (Lipinski definition) is 1. The van der Waals surface area contributed by atoms with Gasteiger partial charge in [0.25, 0.3) is 0 Å². The van der Waals surface area contributed by atoms with Gasteiger partial charge in [0.1, 0.15) is 11.7 Å². The maximum atomic E-state index is 12.8. The number of carbonyl (C=O) groups is 2. The van der Waals surface area contributed by atoms with Crippen LogP contribution in [-0.2, 0) is 31.8 Å². The molecule has 44 heavy (non-hydrogen) atoms. The first-order chi connectivity index (χ1) is 21.2. The van der Waals surface area contributed by atoms with Crippen LogP contribution in [0.2, 0.25) is 0 Å². The maximum absolute atomic E-state index is 12.8. The highest BCUT2D eigenvalue weighted by Crippen LogP contribution is 2.39. The van der Waals surface area contributed by atoms with E-state index < -0.39 is 5.60 Å². The van der Waals surface area contributed by atoms with Crippen molar-refractivity contribution in [2.24, 2.45) is 11.8 Å². The van der Waals surface area contributed by atoms with Gasteiger partial charge in [-0.3, -0.25) is 10.1 Å². The minimum Gasteiger partial charge on any atom is -0.460 e. The zero-order valence-corrected chi connectivity index (χ0v) is 26.3. The molecule has 7 heteroatoms. The molecule has 1 saturated carbocycles. The van der Waals surface area contributed by atoms with E-state index in [-0.39, 0.29) is 24.6 Å². The number of rotatable bonds is 12. The van der Waals surface area contributed by atoms with Gasteiger partial charge in [-0.1, -0.05) is 72.8 Å². The molecule has 1 unspecified atom stereocenters. The Morgan fingerprint density at radius 3 is 2.14 bits per heavy atom. The summed E-state index contributed by atoms with van der Waals surface area (Å²) in [6.07, 6.45) is 3.60. The molecule has 1 aliphatic carbocycles. The maximum Gasteiger partial charge on any atom is 0.411 e. The molecule has 1 N–H and O–H groups in total. The lowest BCUT2D eigenvalue weighted by Gasteiger charge is -2.20. The van der Waals surface area contributed by atoms with Crippen molar-refractivity contribution < 1.29 is 23.8 Å². The summed E-state index contributed by atoms with van der Waals surface area (Å²) in [5.74, 6) is 0.949. The van der Waals surface area contributed by atoms with Crippen LogP contribution in [0.4, 0.5) is 10.5 Å². The van der Waals surface area contributed by atoms with E-state index in [4.69, 9.17) is 14.2 Å². The van der Waals surface area contributed by atoms with Gasteiger partial charge in [-0.2, -0.15) is 0 Å². The molecule has 2 fully saturated rings. The van der Waals surface area contributed by atoms with E-state index in [0.29, 0.717) is 25.0 Å². The fourth-order valence-electron chi connectivity index (χ4n) is 6.37. The standard InChI is InChI=1S/C37H46N2O5/c1-37(2,3)44-35(40)19-22-42-21-18-28-15-13-27(14-16-28)17-20-39-25-30-23-32(24-31(30)26-39)43-36(41)38-34-12-8-7-11-33(34)29-9-5-4-6-10-29/h4-16,30-32H,17-26H2,1-3H3,(H,38,41)/t30-,31+,32?. The number of anilines is 1. The lowest BCUT2D eigenvalue weighted by Crippen LogP contribution is -2.27. The number of hydrogen-bond acceptors (Lipinski definition) is 6. The Balaban J connectivity index is 0.977. The summed E-state index contributed by atoms with van der Waals surface area (Å²) < 4.78 is 16.8. The third kappa shape index (κ3) is 9.41. The molecule has 7 nitrogen and oxygen atoms in total. The summed E-state index contributed by atoms with van der Waals surface area (Å²) in [4.78, 5) is 27.1. The van der Waals surface area contributed by atoms with Crippen LogP contribution >= 0.6 is 0 Å². The largest absolute Gasteiger partial charge is 0.460 e. The Morgan fingerprint density at radius 2 is 1.45 bits per heavy atom. The minimum atomic E-state index is -0.457. The Labute approximate surface area is 261 Å². The average Bonchev–Trinajstić information content (AvgIpc) is 3.54. The lowest BCUT2D eigenvalue weighted by molar-refractivity contribution is -0.156. The number of ether oxygens (including phenoxy) is 3. The molecule has 0 bridgehead atoms. The molecule has 234 valence electrons. The van der Waals surface area contributed by atoms with Gasteiger partial charge in [0.15, 0.2) is 0 Å². The Kier molecular flexibility index (Phi) is 10.7. The highest BCUT2D eigenvalue weighted by atomic mass is 16.6. The van der Waals surface area contributed by atoms with Crippen molar-refractivity contribution in [2.45, 2.75) is 64.6 Å². The molecule has 3 aromatic carbocycles. The van der Waals surface area contributed by atoms with Crippen LogP contribution in [0.15, 0.2) is 78.9 Å². The van der Waals surface area contributed by atoms with E-state index in [2.05, 4.69) is 34.5 Å². The molecular formula is C37H46N2O5. The molecule has 1 saturated heterocycles. The van der Waals surface area contributed by atoms with E-state index in [1.807, 2.05) is 75.4 Å². The van der Waals surface area contributed by atoms with E-state index >= 15 is 0 Å². The smallest absolute Gasteiger partial charge is 0.411 e. The number of esters is 1. The van der Waals surface area contributed by atoms with Crippen molar-refractivity contribution in [3.8, 4) is 11.1 Å². The monoisotopic (exact) mass is 598 g/mol. The van der Waals surface area contributed by atoms with Gasteiger partial charge < -0.3 is 19.1 Å². The van der Waals surface area contributed by atoms with Crippen molar-refractivity contribution in [1.29, 1.82) is 0 Å². The van der Waals surface area contributed by atoms with E-state index in [1.165, 1.54) is 11.1 Å². The van der Waals surface area contributed by atoms with E-state index in [9.17, 15) is 9.59 Å². The SMILES string of the molecule is CC(C)(C)OC(=O)CCOCCc1ccc(CCN2C[C@H]3CC(OC(=O)Nc4ccccc4-c4ccccc4)C[C@H]3C2)cc1. The van der Waals surface area contributed by atoms with Gasteiger partial charge in [0.05, 0.1) is 25.3 Å². The fraction of sp³-hybridized carbons (Fsp3) is 0.459. The summed E-state index contributed by atoms with van der Waals surface area (Å²) >= 11 is 0. The van der Waals surface area contributed by atoms with Crippen molar-refractivity contribution in [1.82, 2.24) is 4.90 Å². The molecule has 3 atom stereocenters. The van der Waals surface area contributed by atoms with Gasteiger partial charge >= 0.3 is 12.1 Å². The summed E-state index contributed by atoms with van der Waals surface area (Å²) in [6.45, 7) is 9.77. The third-order valence-corrected chi connectivity index (χ3v) is 8.45. The minimum absolute atomic E-state index is 0.0233. The number of carbonyl (C=O) groups excluding carboxylic acids is 2. The lowest BCUT2D eigenvalue weighted by atomic mass is 10.0. The van der Waals surface area contributed by atoms with Gasteiger partial charge in [-0.25, -0.2) is 4.79 Å². The number of nitrogens with zero attached hydrogens (tertiary/aromatic N) is 1. The van der Waals surface area contributed by atoms with Gasteiger partial charge in [0, 0.05) is 25.2 Å². The molecular weight excluding hydrogens is 552 g/mol. The molecule has 0 aromatic heterocycles. The van der Waals surface area contributed by atoms with Gasteiger partial charge in [-0.05, 0) is 81.0 Å². The molecule has 2 aliphatic rings. The number of para-hydroxylation sites is 1. The van der Waals surface area contributed by atoms with Crippen molar-refractivity contribution >= 4 is 17.7 Å². The van der Waals surface area contributed by atoms with Gasteiger partial charge in [0.2, 0.25) is 0 Å². The number of benzene rings is 3. The first-order valence-corrected chi connectivity index (χ1v) is 15.9. The number of amides is 1. The van der Waals surface area contributed by atoms with Crippen LogP contribution < -0.4 is 5.32 Å². The van der Waals surface area contributed by atoms with Crippen molar-refractivity contribution in [3.05, 3.63) is 90.0 Å². The van der Waals surface area contributed by atoms with Crippen LogP contribution in [-0.4, -0.2) is 61.5 Å². The average molecular weight is 599 g/mol. The molecule has 0 radical (unpaired) electrons. The number of nitrogens with one attached hydrogen (secondary N) is 1. The van der Waals surface area contributed by atoms with Crippen molar-refractivity contribution in [3.63, 3.8) is 0 Å². The normalized spacial score (nSPS) is 19.8. The van der Waals surface area contributed by atoms with E-state index in [1.54, 1.807) is 0 Å². The molecule has 5 rings (SSSR count). The molecule has 3 aromatic rings. The number of likely N-dealkylation sites (tertiary alicyclic amines) is 1. The summed E-state index contributed by atoms with van der Waals surface area (Å²) in [7, 11) is 0. The number of fused-ring (bicyclic) bond motifs is 1. The predicted octanol–water partition coefficient (Wildman–Crippen LogP) is 7.15. The first kappa shape index (κ1) is 31.7. The third-order valence-electron chi connectivity index (χ3n) is 8.45. The van der Waals surface area contributed by atoms with Crippen molar-refractivity contribution in [2.75, 3.05) is 38.2 Å². The first-order valence-electron chi connectivity index (χ1n) is 15.9. The van der Waals surface area contributed by atoms with Crippen LogP contribution in [0.1, 0.15) is 51.2 Å². The zero-order valence-electron chi connectivity index (χ0n) is 26.3. The second-order valence-corrected chi connectivity index (χ2v) is 13.1. The highest BCUT2D eigenvalue weighted by Gasteiger charge is 2.42. The molecule has 1 aliphatic heterocycles. The highest BCUT2D eigenvalue weighted by molar-refractivity contribution is 5.91. The second-order valence-electron chi connectivity index (χ2n) is 13.1. The summed E-state index contributed by atoms with van der Waals surface area (Å²) in [5.41, 5.74) is 4.94. The van der Waals surface area contributed by atoms with Crippen LogP contribution in [0, 0.1) is 11.8 Å².